The Morgan fingerprint density at radius 3 is 2.20 bits per heavy atom. The quantitative estimate of drug-likeness (QED) is 0.272. The van der Waals surface area contributed by atoms with Gasteiger partial charge < -0.3 is 10.2 Å². The van der Waals surface area contributed by atoms with E-state index in [1.54, 1.807) is 18.2 Å². The van der Waals surface area contributed by atoms with Gasteiger partial charge in [-0.2, -0.15) is 0 Å². The summed E-state index contributed by atoms with van der Waals surface area (Å²) in [5.41, 5.74) is 1.91. The second kappa shape index (κ2) is 14.0. The largest absolute Gasteiger partial charge is 0.354 e. The van der Waals surface area contributed by atoms with E-state index in [1.165, 1.54) is 35.2 Å². The van der Waals surface area contributed by atoms with Crippen LogP contribution in [0.1, 0.15) is 38.3 Å². The molecule has 0 radical (unpaired) electrons. The lowest BCUT2D eigenvalue weighted by molar-refractivity contribution is -0.140. The monoisotopic (exact) mass is 603 g/mol. The van der Waals surface area contributed by atoms with Crippen LogP contribution in [0.4, 0.5) is 5.69 Å². The molecule has 0 aliphatic carbocycles. The first-order valence-corrected chi connectivity index (χ1v) is 15.3. The molecule has 214 valence electrons. The average molecular weight is 605 g/mol. The van der Waals surface area contributed by atoms with Crippen molar-refractivity contribution in [3.63, 3.8) is 0 Å². The summed E-state index contributed by atoms with van der Waals surface area (Å²) in [5.74, 6) is -0.610. The number of anilines is 1. The minimum Gasteiger partial charge on any atom is -0.354 e. The number of rotatable bonds is 12. The van der Waals surface area contributed by atoms with E-state index >= 15 is 0 Å². The molecular formula is C30H35Cl2N3O4S. The summed E-state index contributed by atoms with van der Waals surface area (Å²) in [5, 5.41) is 3.33. The number of nitrogens with one attached hydrogen (secondary N) is 1. The van der Waals surface area contributed by atoms with E-state index in [0.717, 1.165) is 15.4 Å². The normalized spacial score (nSPS) is 12.2. The summed E-state index contributed by atoms with van der Waals surface area (Å²) in [6.45, 7) is 7.74. The van der Waals surface area contributed by atoms with Gasteiger partial charge in [-0.25, -0.2) is 8.42 Å². The van der Waals surface area contributed by atoms with E-state index in [4.69, 9.17) is 23.2 Å². The summed E-state index contributed by atoms with van der Waals surface area (Å²) in [7, 11) is -4.22. The van der Waals surface area contributed by atoms with Gasteiger partial charge in [0.2, 0.25) is 11.8 Å². The van der Waals surface area contributed by atoms with Crippen LogP contribution in [0, 0.1) is 12.8 Å². The van der Waals surface area contributed by atoms with Crippen molar-refractivity contribution < 1.29 is 18.0 Å². The number of halogens is 2. The number of aryl methyl sites for hydroxylation is 1. The molecule has 10 heteroatoms. The Labute approximate surface area is 247 Å². The van der Waals surface area contributed by atoms with Gasteiger partial charge in [0.1, 0.15) is 12.6 Å². The molecular weight excluding hydrogens is 569 g/mol. The fourth-order valence-electron chi connectivity index (χ4n) is 4.23. The van der Waals surface area contributed by atoms with Crippen LogP contribution >= 0.6 is 23.2 Å². The van der Waals surface area contributed by atoms with Crippen LogP contribution in [0.5, 0.6) is 0 Å². The first kappa shape index (κ1) is 31.5. The lowest BCUT2D eigenvalue weighted by atomic mass is 10.1. The fourth-order valence-corrected chi connectivity index (χ4v) is 6.24. The predicted octanol–water partition coefficient (Wildman–Crippen LogP) is 6.08. The number of sulfonamides is 1. The number of nitrogens with zero attached hydrogens (tertiary/aromatic N) is 2. The maximum atomic E-state index is 14.1. The summed E-state index contributed by atoms with van der Waals surface area (Å²) < 4.78 is 28.7. The van der Waals surface area contributed by atoms with E-state index in [9.17, 15) is 18.0 Å². The molecule has 0 heterocycles. The van der Waals surface area contributed by atoms with Crippen molar-refractivity contribution >= 4 is 50.7 Å². The Hall–Kier alpha value is -3.07. The van der Waals surface area contributed by atoms with Crippen molar-refractivity contribution in [1.82, 2.24) is 10.2 Å². The van der Waals surface area contributed by atoms with E-state index in [0.29, 0.717) is 18.0 Å². The van der Waals surface area contributed by atoms with Crippen LogP contribution in [-0.4, -0.2) is 44.3 Å². The summed E-state index contributed by atoms with van der Waals surface area (Å²) in [6, 6.07) is 19.0. The molecule has 1 atom stereocenters. The zero-order valence-electron chi connectivity index (χ0n) is 23.1. The maximum Gasteiger partial charge on any atom is 0.264 e. The highest BCUT2D eigenvalue weighted by Crippen LogP contribution is 2.33. The Balaban J connectivity index is 2.08. The van der Waals surface area contributed by atoms with Gasteiger partial charge in [0.05, 0.1) is 15.6 Å². The minimum atomic E-state index is -4.22. The highest BCUT2D eigenvalue weighted by Gasteiger charge is 2.34. The summed E-state index contributed by atoms with van der Waals surface area (Å²) >= 11 is 12.6. The molecule has 0 unspecified atom stereocenters. The summed E-state index contributed by atoms with van der Waals surface area (Å²) in [6.07, 6.45) is 0.342. The van der Waals surface area contributed by atoms with Gasteiger partial charge in [-0.05, 0) is 60.7 Å². The third-order valence-corrected chi connectivity index (χ3v) is 8.77. The molecule has 0 saturated heterocycles. The van der Waals surface area contributed by atoms with Gasteiger partial charge in [-0.3, -0.25) is 13.9 Å². The third kappa shape index (κ3) is 7.77. The smallest absolute Gasteiger partial charge is 0.264 e. The maximum absolute atomic E-state index is 14.1. The molecule has 3 aromatic rings. The first-order chi connectivity index (χ1) is 18.9. The molecule has 0 aliphatic heterocycles. The van der Waals surface area contributed by atoms with Crippen LogP contribution in [0.25, 0.3) is 0 Å². The molecule has 0 aliphatic rings. The highest BCUT2D eigenvalue weighted by molar-refractivity contribution is 7.92. The van der Waals surface area contributed by atoms with Crippen LogP contribution < -0.4 is 9.62 Å². The van der Waals surface area contributed by atoms with Gasteiger partial charge >= 0.3 is 0 Å². The molecule has 2 amide bonds. The zero-order chi connectivity index (χ0) is 29.4. The number of hydrogen-bond donors (Lipinski definition) is 1. The molecule has 0 fully saturated rings. The molecule has 0 saturated carbocycles. The van der Waals surface area contributed by atoms with Crippen molar-refractivity contribution in [2.45, 2.75) is 51.6 Å². The van der Waals surface area contributed by atoms with Crippen molar-refractivity contribution in [2.24, 2.45) is 5.92 Å². The second-order valence-electron chi connectivity index (χ2n) is 9.93. The first-order valence-electron chi connectivity index (χ1n) is 13.1. The van der Waals surface area contributed by atoms with Gasteiger partial charge in [0, 0.05) is 18.1 Å². The van der Waals surface area contributed by atoms with E-state index < -0.39 is 28.5 Å². The lowest BCUT2D eigenvalue weighted by Crippen LogP contribution is -2.52. The molecule has 40 heavy (non-hydrogen) atoms. The number of amides is 2. The van der Waals surface area contributed by atoms with Gasteiger partial charge in [0.15, 0.2) is 0 Å². The van der Waals surface area contributed by atoms with Crippen LogP contribution in [0.3, 0.4) is 0 Å². The van der Waals surface area contributed by atoms with Crippen LogP contribution in [0.15, 0.2) is 77.7 Å². The SMILES string of the molecule is CC[C@H](C(=O)NCC(C)C)N(Cc1ccccc1C)C(=O)CN(c1ccc(Cl)cc1Cl)S(=O)(=O)c1ccccc1. The van der Waals surface area contributed by atoms with Crippen LogP contribution in [-0.2, 0) is 26.2 Å². The van der Waals surface area contributed by atoms with E-state index in [1.807, 2.05) is 52.0 Å². The van der Waals surface area contributed by atoms with E-state index in [-0.39, 0.29) is 34.0 Å². The minimum absolute atomic E-state index is 0.000915. The molecule has 3 aromatic carbocycles. The number of carbonyl (C=O) groups is 2. The Kier molecular flexibility index (Phi) is 11.0. The van der Waals surface area contributed by atoms with Crippen molar-refractivity contribution in [1.29, 1.82) is 0 Å². The molecule has 7 nitrogen and oxygen atoms in total. The Morgan fingerprint density at radius 2 is 1.60 bits per heavy atom. The summed E-state index contributed by atoms with van der Waals surface area (Å²) in [4.78, 5) is 28.9. The number of benzene rings is 3. The zero-order valence-corrected chi connectivity index (χ0v) is 25.4. The Morgan fingerprint density at radius 1 is 0.950 bits per heavy atom. The van der Waals surface area contributed by atoms with Crippen molar-refractivity contribution in [3.8, 4) is 0 Å². The van der Waals surface area contributed by atoms with Gasteiger partial charge in [0.25, 0.3) is 10.0 Å². The molecule has 0 bridgehead atoms. The molecule has 0 spiro atoms. The lowest BCUT2D eigenvalue weighted by Gasteiger charge is -2.34. The highest BCUT2D eigenvalue weighted by atomic mass is 35.5. The fraction of sp³-hybridized carbons (Fsp3) is 0.333. The van der Waals surface area contributed by atoms with Crippen LogP contribution in [0.2, 0.25) is 10.0 Å². The molecule has 1 N–H and O–H groups in total. The topological polar surface area (TPSA) is 86.8 Å². The molecule has 3 rings (SSSR count). The van der Waals surface area contributed by atoms with E-state index in [2.05, 4.69) is 5.32 Å². The second-order valence-corrected chi connectivity index (χ2v) is 12.6. The van der Waals surface area contributed by atoms with Crippen molar-refractivity contribution in [2.75, 3.05) is 17.4 Å². The number of carbonyl (C=O) groups excluding carboxylic acids is 2. The van der Waals surface area contributed by atoms with Gasteiger partial charge in [-0.15, -0.1) is 0 Å². The molecule has 0 aromatic heterocycles. The predicted molar refractivity (Wildman–Crippen MR) is 161 cm³/mol. The Bertz CT molecular complexity index is 1430. The number of hydrogen-bond acceptors (Lipinski definition) is 4. The average Bonchev–Trinajstić information content (AvgIpc) is 2.92. The van der Waals surface area contributed by atoms with Crippen molar-refractivity contribution in [3.05, 3.63) is 94.0 Å². The third-order valence-electron chi connectivity index (χ3n) is 6.46. The van der Waals surface area contributed by atoms with Gasteiger partial charge in [-0.1, -0.05) is 86.4 Å². The standard InChI is InChI=1S/C30H35Cl2N3O4S/c1-5-27(30(37)33-18-21(2)3)34(19-23-12-10-9-11-22(23)4)29(36)20-35(28-16-15-24(31)17-26(28)32)40(38,39)25-13-7-6-8-14-25/h6-17,21,27H,5,18-20H2,1-4H3,(H,33,37)/t27-/m1/s1.